The number of pyridine rings is 1. The molecule has 0 unspecified atom stereocenters. The van der Waals surface area contributed by atoms with E-state index >= 15 is 0 Å². The van der Waals surface area contributed by atoms with Gasteiger partial charge in [-0.05, 0) is 22.3 Å². The second-order valence-corrected chi connectivity index (χ2v) is 5.97. The molecular formula is C17H9IrN2S-. The number of fused-ring (bicyclic) bond motifs is 7. The monoisotopic (exact) mass is 466 g/mol. The van der Waals surface area contributed by atoms with E-state index in [0.717, 1.165) is 11.0 Å². The number of imidazole rings is 1. The molecule has 2 aromatic carbocycles. The van der Waals surface area contributed by atoms with Gasteiger partial charge in [-0.2, -0.15) is 11.3 Å². The molecule has 103 valence electrons. The maximum Gasteiger partial charge on any atom is 0.0603 e. The van der Waals surface area contributed by atoms with E-state index in [2.05, 4.69) is 53.6 Å². The molecule has 0 fully saturated rings. The molecule has 0 saturated carbocycles. The summed E-state index contributed by atoms with van der Waals surface area (Å²) in [4.78, 5) is 4.45. The average molecular weight is 466 g/mol. The summed E-state index contributed by atoms with van der Waals surface area (Å²) in [5.41, 5.74) is 0.972. The molecule has 0 bridgehead atoms. The van der Waals surface area contributed by atoms with Crippen molar-refractivity contribution in [2.45, 2.75) is 0 Å². The first-order chi connectivity index (χ1) is 9.92. The van der Waals surface area contributed by atoms with Gasteiger partial charge in [-0.1, -0.05) is 35.0 Å². The van der Waals surface area contributed by atoms with Gasteiger partial charge in [-0.25, -0.2) is 0 Å². The maximum absolute atomic E-state index is 4.45. The zero-order chi connectivity index (χ0) is 13.1. The van der Waals surface area contributed by atoms with E-state index in [1.807, 2.05) is 28.1 Å². The number of benzene rings is 2. The molecule has 3 aromatic heterocycles. The Bertz CT molecular complexity index is 1110. The van der Waals surface area contributed by atoms with Gasteiger partial charge in [0.15, 0.2) is 0 Å². The second kappa shape index (κ2) is 4.63. The number of rotatable bonds is 0. The minimum absolute atomic E-state index is 0. The van der Waals surface area contributed by atoms with Crippen molar-refractivity contribution in [3.05, 3.63) is 61.1 Å². The van der Waals surface area contributed by atoms with Crippen LogP contribution < -0.4 is 0 Å². The van der Waals surface area contributed by atoms with Crippen LogP contribution in [0.3, 0.4) is 0 Å². The van der Waals surface area contributed by atoms with Crippen molar-refractivity contribution in [3.8, 4) is 0 Å². The van der Waals surface area contributed by atoms with Gasteiger partial charge >= 0.3 is 0 Å². The number of nitrogens with zero attached hydrogens (tertiary/aromatic N) is 2. The van der Waals surface area contributed by atoms with Gasteiger partial charge in [0.1, 0.15) is 0 Å². The summed E-state index contributed by atoms with van der Waals surface area (Å²) >= 11 is 1.83. The summed E-state index contributed by atoms with van der Waals surface area (Å²) in [7, 11) is 0. The number of aromatic nitrogens is 2. The van der Waals surface area contributed by atoms with E-state index in [1.54, 1.807) is 0 Å². The molecule has 3 heterocycles. The van der Waals surface area contributed by atoms with Crippen LogP contribution in [0.15, 0.2) is 55.0 Å². The molecule has 5 aromatic rings. The van der Waals surface area contributed by atoms with E-state index in [-0.39, 0.29) is 20.1 Å². The molecule has 0 saturated heterocycles. The van der Waals surface area contributed by atoms with Gasteiger partial charge in [-0.15, -0.1) is 17.5 Å². The summed E-state index contributed by atoms with van der Waals surface area (Å²) in [5.74, 6) is 0. The Morgan fingerprint density at radius 3 is 2.86 bits per heavy atom. The molecule has 21 heavy (non-hydrogen) atoms. The Morgan fingerprint density at radius 1 is 1.00 bits per heavy atom. The Kier molecular flexibility index (Phi) is 2.86. The van der Waals surface area contributed by atoms with Gasteiger partial charge in [0.25, 0.3) is 0 Å². The number of hydrogen-bond donors (Lipinski definition) is 0. The van der Waals surface area contributed by atoms with Gasteiger partial charge in [0.2, 0.25) is 0 Å². The van der Waals surface area contributed by atoms with E-state index < -0.39 is 0 Å². The molecule has 0 aliphatic heterocycles. The van der Waals surface area contributed by atoms with Crippen molar-refractivity contribution in [1.82, 2.24) is 9.38 Å². The summed E-state index contributed by atoms with van der Waals surface area (Å²) in [6.45, 7) is 0. The van der Waals surface area contributed by atoms with Gasteiger partial charge < -0.3 is 4.40 Å². The first-order valence-electron chi connectivity index (χ1n) is 6.49. The van der Waals surface area contributed by atoms with Crippen molar-refractivity contribution < 1.29 is 20.1 Å². The van der Waals surface area contributed by atoms with E-state index in [0.29, 0.717) is 0 Å². The molecule has 0 aliphatic carbocycles. The quantitative estimate of drug-likeness (QED) is 0.304. The molecule has 5 rings (SSSR count). The summed E-state index contributed by atoms with van der Waals surface area (Å²) in [6, 6.07) is 16.2. The van der Waals surface area contributed by atoms with Crippen LogP contribution in [0.4, 0.5) is 0 Å². The number of thiophene rings is 1. The molecule has 0 atom stereocenters. The molecule has 2 nitrogen and oxygen atoms in total. The van der Waals surface area contributed by atoms with E-state index in [1.165, 1.54) is 25.6 Å². The summed E-state index contributed by atoms with van der Waals surface area (Å²) < 4.78 is 4.65. The first kappa shape index (κ1) is 13.0. The van der Waals surface area contributed by atoms with Crippen LogP contribution in [0.5, 0.6) is 0 Å². The van der Waals surface area contributed by atoms with Crippen molar-refractivity contribution in [2.24, 2.45) is 0 Å². The Balaban J connectivity index is 0.00000115. The average Bonchev–Trinajstić information content (AvgIpc) is 3.10. The zero-order valence-electron chi connectivity index (χ0n) is 10.8. The Morgan fingerprint density at radius 2 is 1.90 bits per heavy atom. The van der Waals surface area contributed by atoms with E-state index in [4.69, 9.17) is 0 Å². The van der Waals surface area contributed by atoms with Crippen molar-refractivity contribution in [1.29, 1.82) is 0 Å². The van der Waals surface area contributed by atoms with Crippen LogP contribution in [-0.2, 0) is 20.1 Å². The van der Waals surface area contributed by atoms with Gasteiger partial charge in [0.05, 0.1) is 5.65 Å². The van der Waals surface area contributed by atoms with Crippen LogP contribution in [0.1, 0.15) is 0 Å². The molecule has 0 amide bonds. The largest absolute Gasteiger partial charge is 0.347 e. The zero-order valence-corrected chi connectivity index (χ0v) is 14.0. The maximum atomic E-state index is 4.45. The summed E-state index contributed by atoms with van der Waals surface area (Å²) in [6.07, 6.45) is 5.88. The van der Waals surface area contributed by atoms with Crippen molar-refractivity contribution in [2.75, 3.05) is 0 Å². The fourth-order valence-electron chi connectivity index (χ4n) is 2.92. The third-order valence-corrected chi connectivity index (χ3v) is 4.92. The van der Waals surface area contributed by atoms with Crippen molar-refractivity contribution in [3.63, 3.8) is 0 Å². The molecule has 4 heteroatoms. The fraction of sp³-hybridized carbons (Fsp3) is 0. The standard InChI is InChI=1S/C17H9N2S.Ir/c1-2-4-14-13(3-1)16-11-7-9-19-10-8-18-17(19)12(11)5-6-15(16)20-14;/h1-4,6-10H;/q-1;. The predicted octanol–water partition coefficient (Wildman–Crippen LogP) is 4.65. The van der Waals surface area contributed by atoms with Gasteiger partial charge in [-0.3, -0.25) is 4.98 Å². The smallest absolute Gasteiger partial charge is 0.0603 e. The van der Waals surface area contributed by atoms with Crippen LogP contribution in [0.25, 0.3) is 36.6 Å². The Hall–Kier alpha value is -1.74. The minimum atomic E-state index is 0. The second-order valence-electron chi connectivity index (χ2n) is 4.89. The van der Waals surface area contributed by atoms with Crippen LogP contribution >= 0.6 is 11.3 Å². The van der Waals surface area contributed by atoms with Crippen LogP contribution in [0, 0.1) is 6.07 Å². The molecular weight excluding hydrogens is 456 g/mol. The first-order valence-corrected chi connectivity index (χ1v) is 7.31. The Labute approximate surface area is 138 Å². The predicted molar refractivity (Wildman–Crippen MR) is 84.4 cm³/mol. The molecule has 0 N–H and O–H groups in total. The van der Waals surface area contributed by atoms with Crippen molar-refractivity contribution >= 4 is 47.9 Å². The molecule has 0 spiro atoms. The molecule has 1 radical (unpaired) electrons. The minimum Gasteiger partial charge on any atom is -0.347 e. The normalized spacial score (nSPS) is 11.4. The number of hydrogen-bond acceptors (Lipinski definition) is 2. The summed E-state index contributed by atoms with van der Waals surface area (Å²) in [5, 5.41) is 4.97. The third-order valence-electron chi connectivity index (χ3n) is 3.80. The molecule has 0 aliphatic rings. The topological polar surface area (TPSA) is 17.3 Å². The SMILES string of the molecule is [Ir].[c-]1cc2sc3ccccc3c2c2ccn3ccnc3c12. The fourth-order valence-corrected chi connectivity index (χ4v) is 4.02. The van der Waals surface area contributed by atoms with Crippen LogP contribution in [0.2, 0.25) is 0 Å². The van der Waals surface area contributed by atoms with Gasteiger partial charge in [0, 0.05) is 37.2 Å². The van der Waals surface area contributed by atoms with Crippen LogP contribution in [-0.4, -0.2) is 9.38 Å². The third kappa shape index (κ3) is 1.70. The van der Waals surface area contributed by atoms with E-state index in [9.17, 15) is 0 Å².